The second-order valence-electron chi connectivity index (χ2n) is 5.55. The molecule has 20 heavy (non-hydrogen) atoms. The Bertz CT molecular complexity index is 484. The molecule has 1 unspecified atom stereocenters. The lowest BCUT2D eigenvalue weighted by atomic mass is 10.1. The molecular formula is C15H23N3O2. The number of carbonyl (C=O) groups excluding carboxylic acids is 1. The average molecular weight is 277 g/mol. The van der Waals surface area contributed by atoms with Gasteiger partial charge in [-0.1, -0.05) is 0 Å². The van der Waals surface area contributed by atoms with Crippen LogP contribution in [-0.4, -0.2) is 52.7 Å². The van der Waals surface area contributed by atoms with E-state index in [1.165, 1.54) is 0 Å². The van der Waals surface area contributed by atoms with Crippen LogP contribution in [0.5, 0.6) is 0 Å². The number of carbonyl (C=O) groups is 1. The number of pyridine rings is 1. The van der Waals surface area contributed by atoms with Crippen LogP contribution in [0.4, 0.5) is 5.69 Å². The molecule has 110 valence electrons. The third-order valence-corrected chi connectivity index (χ3v) is 3.83. The third-order valence-electron chi connectivity index (χ3n) is 3.83. The van der Waals surface area contributed by atoms with Crippen LogP contribution < -0.4 is 4.90 Å². The second kappa shape index (κ2) is 5.79. The summed E-state index contributed by atoms with van der Waals surface area (Å²) in [6.45, 7) is 8.52. The third kappa shape index (κ3) is 3.10. The van der Waals surface area contributed by atoms with Crippen molar-refractivity contribution in [3.63, 3.8) is 0 Å². The summed E-state index contributed by atoms with van der Waals surface area (Å²) in [5, 5.41) is 10.0. The van der Waals surface area contributed by atoms with Gasteiger partial charge in [0.15, 0.2) is 0 Å². The molecule has 0 radical (unpaired) electrons. The predicted molar refractivity (Wildman–Crippen MR) is 78.9 cm³/mol. The highest BCUT2D eigenvalue weighted by atomic mass is 16.3. The topological polar surface area (TPSA) is 56.7 Å². The van der Waals surface area contributed by atoms with Gasteiger partial charge in [0.05, 0.1) is 5.60 Å². The molecule has 5 heteroatoms. The summed E-state index contributed by atoms with van der Waals surface area (Å²) < 4.78 is 0. The average Bonchev–Trinajstić information content (AvgIpc) is 2.80. The minimum Gasteiger partial charge on any atom is -0.388 e. The predicted octanol–water partition coefficient (Wildman–Crippen LogP) is 1.52. The van der Waals surface area contributed by atoms with Crippen molar-refractivity contribution in [2.75, 3.05) is 31.1 Å². The number of β-amino-alcohol motifs (C(OH)–C–C–N with tert-alkyl or cyclic N) is 1. The highest BCUT2D eigenvalue weighted by molar-refractivity contribution is 5.93. The molecule has 1 aromatic heterocycles. The van der Waals surface area contributed by atoms with Gasteiger partial charge in [-0.25, -0.2) is 0 Å². The number of hydrogen-bond donors (Lipinski definition) is 1. The van der Waals surface area contributed by atoms with Gasteiger partial charge in [0, 0.05) is 38.1 Å². The van der Waals surface area contributed by atoms with Crippen molar-refractivity contribution in [3.8, 4) is 0 Å². The maximum Gasteiger partial charge on any atom is 0.272 e. The first-order valence-electron chi connectivity index (χ1n) is 7.19. The molecule has 1 fully saturated rings. The minimum absolute atomic E-state index is 0.0391. The Balaban J connectivity index is 2.18. The standard InChI is InChI=1S/C15H23N3O2/c1-4-17(5-2)14(19)13-10-12(6-8-16-13)18-9-7-15(3,20)11-18/h6,8,10,20H,4-5,7,9,11H2,1-3H3. The lowest BCUT2D eigenvalue weighted by Crippen LogP contribution is -2.32. The lowest BCUT2D eigenvalue weighted by Gasteiger charge is -2.22. The van der Waals surface area contributed by atoms with Crippen LogP contribution in [0.1, 0.15) is 37.7 Å². The molecule has 0 saturated carbocycles. The van der Waals surface area contributed by atoms with E-state index in [1.807, 2.05) is 32.9 Å². The highest BCUT2D eigenvalue weighted by Crippen LogP contribution is 2.26. The molecule has 2 rings (SSSR count). The Morgan fingerprint density at radius 3 is 2.75 bits per heavy atom. The maximum absolute atomic E-state index is 12.3. The number of aromatic nitrogens is 1. The van der Waals surface area contributed by atoms with Gasteiger partial charge in [-0.05, 0) is 39.3 Å². The monoisotopic (exact) mass is 277 g/mol. The first-order valence-corrected chi connectivity index (χ1v) is 7.19. The van der Waals surface area contributed by atoms with Crippen molar-refractivity contribution in [3.05, 3.63) is 24.0 Å². The van der Waals surface area contributed by atoms with Gasteiger partial charge in [0.2, 0.25) is 0 Å². The van der Waals surface area contributed by atoms with Crippen LogP contribution in [0.2, 0.25) is 0 Å². The van der Waals surface area contributed by atoms with E-state index in [0.717, 1.165) is 18.7 Å². The molecule has 1 amide bonds. The quantitative estimate of drug-likeness (QED) is 0.906. The van der Waals surface area contributed by atoms with E-state index < -0.39 is 5.60 Å². The Morgan fingerprint density at radius 2 is 2.20 bits per heavy atom. The van der Waals surface area contributed by atoms with Crippen LogP contribution in [0.25, 0.3) is 0 Å². The van der Waals surface area contributed by atoms with Crippen molar-refractivity contribution in [1.29, 1.82) is 0 Å². The zero-order chi connectivity index (χ0) is 14.8. The zero-order valence-electron chi connectivity index (χ0n) is 12.5. The van der Waals surface area contributed by atoms with Gasteiger partial charge in [0.1, 0.15) is 5.69 Å². The molecule has 5 nitrogen and oxygen atoms in total. The minimum atomic E-state index is -0.647. The van der Waals surface area contributed by atoms with Crippen molar-refractivity contribution in [1.82, 2.24) is 9.88 Å². The van der Waals surface area contributed by atoms with Crippen LogP contribution >= 0.6 is 0 Å². The molecule has 1 aliphatic heterocycles. The summed E-state index contributed by atoms with van der Waals surface area (Å²) in [7, 11) is 0. The van der Waals surface area contributed by atoms with Crippen molar-refractivity contribution in [2.24, 2.45) is 0 Å². The highest BCUT2D eigenvalue weighted by Gasteiger charge is 2.31. The Hall–Kier alpha value is -1.62. The fraction of sp³-hybridized carbons (Fsp3) is 0.600. The van der Waals surface area contributed by atoms with Crippen LogP contribution in [0, 0.1) is 0 Å². The maximum atomic E-state index is 12.3. The van der Waals surface area contributed by atoms with Crippen LogP contribution in [-0.2, 0) is 0 Å². The number of hydrogen-bond acceptors (Lipinski definition) is 4. The van der Waals surface area contributed by atoms with Crippen LogP contribution in [0.15, 0.2) is 18.3 Å². The number of amides is 1. The number of anilines is 1. The van der Waals surface area contributed by atoms with Crippen LogP contribution in [0.3, 0.4) is 0 Å². The smallest absolute Gasteiger partial charge is 0.272 e. The fourth-order valence-corrected chi connectivity index (χ4v) is 2.57. The molecule has 0 spiro atoms. The molecular weight excluding hydrogens is 254 g/mol. The Labute approximate surface area is 120 Å². The molecule has 1 saturated heterocycles. The Morgan fingerprint density at radius 1 is 1.50 bits per heavy atom. The molecule has 1 N–H and O–H groups in total. The summed E-state index contributed by atoms with van der Waals surface area (Å²) >= 11 is 0. The largest absolute Gasteiger partial charge is 0.388 e. The van der Waals surface area contributed by atoms with Crippen molar-refractivity contribution >= 4 is 11.6 Å². The molecule has 0 aliphatic carbocycles. The summed E-state index contributed by atoms with van der Waals surface area (Å²) in [6.07, 6.45) is 2.41. The lowest BCUT2D eigenvalue weighted by molar-refractivity contribution is 0.0767. The summed E-state index contributed by atoms with van der Waals surface area (Å²) in [4.78, 5) is 20.3. The zero-order valence-corrected chi connectivity index (χ0v) is 12.5. The van der Waals surface area contributed by atoms with Gasteiger partial charge < -0.3 is 14.9 Å². The van der Waals surface area contributed by atoms with E-state index in [9.17, 15) is 9.90 Å². The molecule has 2 heterocycles. The van der Waals surface area contributed by atoms with E-state index in [2.05, 4.69) is 9.88 Å². The molecule has 1 atom stereocenters. The first-order chi connectivity index (χ1) is 9.46. The number of nitrogens with zero attached hydrogens (tertiary/aromatic N) is 3. The van der Waals surface area contributed by atoms with E-state index in [-0.39, 0.29) is 5.91 Å². The van der Waals surface area contributed by atoms with E-state index in [4.69, 9.17) is 0 Å². The molecule has 1 aliphatic rings. The van der Waals surface area contributed by atoms with Gasteiger partial charge in [0.25, 0.3) is 5.91 Å². The molecule has 0 bridgehead atoms. The van der Waals surface area contributed by atoms with Crippen molar-refractivity contribution < 1.29 is 9.90 Å². The second-order valence-corrected chi connectivity index (χ2v) is 5.55. The summed E-state index contributed by atoms with van der Waals surface area (Å²) in [6, 6.07) is 3.71. The summed E-state index contributed by atoms with van der Waals surface area (Å²) in [5.41, 5.74) is 0.776. The van der Waals surface area contributed by atoms with E-state index in [1.54, 1.807) is 11.1 Å². The molecule has 0 aromatic carbocycles. The Kier molecular flexibility index (Phi) is 4.28. The van der Waals surface area contributed by atoms with Gasteiger partial charge >= 0.3 is 0 Å². The summed E-state index contributed by atoms with van der Waals surface area (Å²) in [5.74, 6) is -0.0391. The normalized spacial score (nSPS) is 22.1. The first kappa shape index (κ1) is 14.8. The number of aliphatic hydroxyl groups is 1. The SMILES string of the molecule is CCN(CC)C(=O)c1cc(N2CCC(C)(O)C2)ccn1. The van der Waals surface area contributed by atoms with E-state index in [0.29, 0.717) is 25.3 Å². The number of rotatable bonds is 4. The van der Waals surface area contributed by atoms with Gasteiger partial charge in [-0.2, -0.15) is 0 Å². The van der Waals surface area contributed by atoms with Gasteiger partial charge in [-0.15, -0.1) is 0 Å². The fourth-order valence-electron chi connectivity index (χ4n) is 2.57. The van der Waals surface area contributed by atoms with Gasteiger partial charge in [-0.3, -0.25) is 9.78 Å². The van der Waals surface area contributed by atoms with E-state index >= 15 is 0 Å². The van der Waals surface area contributed by atoms with Crippen molar-refractivity contribution in [2.45, 2.75) is 32.8 Å². The molecule has 1 aromatic rings.